The Morgan fingerprint density at radius 3 is 2.30 bits per heavy atom. The van der Waals surface area contributed by atoms with E-state index in [1.807, 2.05) is 0 Å². The number of methoxy groups -OCH3 is 2. The molecule has 144 valence electrons. The Kier molecular flexibility index (Phi) is 7.67. The van der Waals surface area contributed by atoms with Crippen molar-refractivity contribution in [2.24, 2.45) is 0 Å². The zero-order chi connectivity index (χ0) is 19.8. The van der Waals surface area contributed by atoms with Gasteiger partial charge >= 0.3 is 0 Å². The molecule has 7 nitrogen and oxygen atoms in total. The van der Waals surface area contributed by atoms with Crippen molar-refractivity contribution < 1.29 is 28.1 Å². The molecule has 3 N–H and O–H groups in total. The first kappa shape index (κ1) is 20.8. The average Bonchev–Trinajstić information content (AvgIpc) is 2.66. The molecule has 0 fully saturated rings. The van der Waals surface area contributed by atoms with Crippen LogP contribution in [0.2, 0.25) is 0 Å². The molecule has 0 aliphatic heterocycles. The van der Waals surface area contributed by atoms with Crippen LogP contribution in [0, 0.1) is 11.2 Å². The highest BCUT2D eigenvalue weighted by molar-refractivity contribution is 8.00. The highest BCUT2D eigenvalue weighted by Gasteiger charge is 2.07. The third-order valence-electron chi connectivity index (χ3n) is 3.46. The molecule has 0 spiro atoms. The molecule has 0 aromatic heterocycles. The summed E-state index contributed by atoms with van der Waals surface area (Å²) in [6, 6.07) is 9.33. The zero-order valence-corrected chi connectivity index (χ0v) is 16.4. The van der Waals surface area contributed by atoms with Gasteiger partial charge in [-0.3, -0.25) is 0 Å². The molecule has 0 heterocycles. The number of hydrogen-bond donors (Lipinski definition) is 3. The molecule has 0 bridgehead atoms. The molecule has 2 unspecified atom stereocenters. The molecular weight excluding hydrogens is 390 g/mol. The molecule has 0 saturated heterocycles. The van der Waals surface area contributed by atoms with Gasteiger partial charge in [0.05, 0.1) is 14.2 Å². The maximum Gasteiger partial charge on any atom is 0.183 e. The number of ether oxygens (including phenoxy) is 2. The molecule has 0 radical (unpaired) electrons. The maximum absolute atomic E-state index is 12.0. The minimum absolute atomic E-state index is 0.0192. The van der Waals surface area contributed by atoms with E-state index in [1.165, 1.54) is 32.4 Å². The van der Waals surface area contributed by atoms with E-state index in [-0.39, 0.29) is 23.0 Å². The lowest BCUT2D eigenvalue weighted by Crippen LogP contribution is -2.22. The van der Waals surface area contributed by atoms with Gasteiger partial charge in [0.25, 0.3) is 0 Å². The van der Waals surface area contributed by atoms with Crippen molar-refractivity contribution in [2.75, 3.05) is 20.0 Å². The molecule has 0 saturated carbocycles. The van der Waals surface area contributed by atoms with Gasteiger partial charge < -0.3 is 19.7 Å². The van der Waals surface area contributed by atoms with Crippen molar-refractivity contribution in [3.05, 3.63) is 47.5 Å². The van der Waals surface area contributed by atoms with Gasteiger partial charge in [-0.25, -0.2) is 8.42 Å². The molecule has 2 rings (SSSR count). The van der Waals surface area contributed by atoms with Crippen LogP contribution in [0.25, 0.3) is 0 Å². The third kappa shape index (κ3) is 6.29. The number of aromatic hydroxyl groups is 2. The van der Waals surface area contributed by atoms with E-state index >= 15 is 0 Å². The Morgan fingerprint density at radius 1 is 1.00 bits per heavy atom. The van der Waals surface area contributed by atoms with Crippen LogP contribution in [0.1, 0.15) is 11.1 Å². The second-order valence-electron chi connectivity index (χ2n) is 5.27. The normalized spacial score (nSPS) is 12.5. The predicted octanol–water partition coefficient (Wildman–Crippen LogP) is 1.58. The van der Waals surface area contributed by atoms with Crippen molar-refractivity contribution in [1.29, 1.82) is 0 Å². The second-order valence-corrected chi connectivity index (χ2v) is 7.78. The molecular formula is C18H19NO6S2. The monoisotopic (exact) mass is 409 g/mol. The van der Waals surface area contributed by atoms with Gasteiger partial charge in [-0.05, 0) is 42.3 Å². The van der Waals surface area contributed by atoms with Crippen molar-refractivity contribution in [3.8, 4) is 34.2 Å². The summed E-state index contributed by atoms with van der Waals surface area (Å²) in [4.78, 5) is 0. The summed E-state index contributed by atoms with van der Waals surface area (Å²) < 4.78 is 36.3. The van der Waals surface area contributed by atoms with Gasteiger partial charge in [-0.2, -0.15) is 0 Å². The average molecular weight is 409 g/mol. The molecule has 0 aliphatic carbocycles. The first-order valence-electron chi connectivity index (χ1n) is 7.74. The quantitative estimate of drug-likeness (QED) is 0.600. The van der Waals surface area contributed by atoms with Crippen LogP contribution in [-0.4, -0.2) is 38.6 Å². The fraction of sp³-hybridized carbons (Fsp3) is 0.222. The molecule has 9 heteroatoms. The summed E-state index contributed by atoms with van der Waals surface area (Å²) >= 11 is 0. The maximum atomic E-state index is 12.0. The van der Waals surface area contributed by atoms with Crippen LogP contribution < -0.4 is 13.6 Å². The van der Waals surface area contributed by atoms with Crippen molar-refractivity contribution in [3.63, 3.8) is 0 Å². The lowest BCUT2D eigenvalue weighted by molar-refractivity contribution is 0.373. The minimum atomic E-state index is -1.81. The van der Waals surface area contributed by atoms with Gasteiger partial charge in [0, 0.05) is 16.6 Å². The predicted molar refractivity (Wildman–Crippen MR) is 104 cm³/mol. The van der Waals surface area contributed by atoms with E-state index in [0.717, 1.165) is 5.56 Å². The Hall–Kier alpha value is -2.54. The van der Waals surface area contributed by atoms with Crippen LogP contribution in [0.5, 0.6) is 23.0 Å². The number of phenolic OH excluding ortho intramolecular Hbond substituents is 2. The number of hydrogen-bond acceptors (Lipinski definition) is 6. The Balaban J connectivity index is 1.90. The van der Waals surface area contributed by atoms with E-state index in [9.17, 15) is 18.6 Å². The van der Waals surface area contributed by atoms with Crippen molar-refractivity contribution in [1.82, 2.24) is 4.13 Å². The smallest absolute Gasteiger partial charge is 0.183 e. The lowest BCUT2D eigenvalue weighted by Gasteiger charge is -2.06. The van der Waals surface area contributed by atoms with E-state index < -0.39 is 22.0 Å². The van der Waals surface area contributed by atoms with Crippen LogP contribution in [-0.2, 0) is 28.4 Å². The van der Waals surface area contributed by atoms with Gasteiger partial charge in [-0.15, -0.1) is 4.13 Å². The van der Waals surface area contributed by atoms with Crippen LogP contribution in [0.15, 0.2) is 36.4 Å². The van der Waals surface area contributed by atoms with Crippen LogP contribution in [0.4, 0.5) is 0 Å². The Bertz CT molecular complexity index is 920. The number of benzene rings is 2. The van der Waals surface area contributed by atoms with Crippen LogP contribution in [0.3, 0.4) is 0 Å². The van der Waals surface area contributed by atoms with Crippen molar-refractivity contribution in [2.45, 2.75) is 6.42 Å². The first-order valence-corrected chi connectivity index (χ1v) is 10.2. The van der Waals surface area contributed by atoms with E-state index in [0.29, 0.717) is 17.7 Å². The van der Waals surface area contributed by atoms with E-state index in [4.69, 9.17) is 9.47 Å². The Morgan fingerprint density at radius 2 is 1.63 bits per heavy atom. The van der Waals surface area contributed by atoms with Gasteiger partial charge in [0.1, 0.15) is 11.0 Å². The largest absolute Gasteiger partial charge is 0.504 e. The summed E-state index contributed by atoms with van der Waals surface area (Å²) in [5.74, 6) is 3.49. The number of phenols is 2. The summed E-state index contributed by atoms with van der Waals surface area (Å²) in [5, 5.41) is 21.5. The van der Waals surface area contributed by atoms with Gasteiger partial charge in [0.15, 0.2) is 34.0 Å². The second kappa shape index (κ2) is 9.97. The van der Waals surface area contributed by atoms with Gasteiger partial charge in [-0.1, -0.05) is 12.0 Å². The Labute approximate surface area is 162 Å². The standard InChI is InChI=1S/C18H19NO6S2/c1-24-17-11-13(3-5-15(17)20)7-9-26(22)19-27(23)10-8-14-4-6-16(21)18(12-14)25-2/h3-6,11-12,19-21H,7,9H2,1-2H3. The SMILES string of the molecule is COc1cc(C#CS(=O)NS(=O)CCc2ccc(O)c(OC)c2)ccc1O. The summed E-state index contributed by atoms with van der Waals surface area (Å²) in [6.07, 6.45) is 0.441. The number of nitrogens with one attached hydrogen (secondary N) is 1. The fourth-order valence-electron chi connectivity index (χ4n) is 2.10. The fourth-order valence-corrected chi connectivity index (χ4v) is 3.90. The lowest BCUT2D eigenvalue weighted by atomic mass is 10.1. The molecule has 2 aromatic rings. The molecule has 2 atom stereocenters. The third-order valence-corrected chi connectivity index (χ3v) is 5.67. The molecule has 0 amide bonds. The highest BCUT2D eigenvalue weighted by atomic mass is 32.3. The summed E-state index contributed by atoms with van der Waals surface area (Å²) in [5.41, 5.74) is 1.33. The van der Waals surface area contributed by atoms with E-state index in [2.05, 4.69) is 15.3 Å². The van der Waals surface area contributed by atoms with Crippen molar-refractivity contribution >= 4 is 22.0 Å². The van der Waals surface area contributed by atoms with E-state index in [1.54, 1.807) is 18.2 Å². The molecule has 2 aromatic carbocycles. The topological polar surface area (TPSA) is 105 Å². The summed E-state index contributed by atoms with van der Waals surface area (Å²) in [7, 11) is -0.500. The number of rotatable bonds is 7. The number of aryl methyl sites for hydroxylation is 1. The molecule has 0 aliphatic rings. The molecule has 27 heavy (non-hydrogen) atoms. The van der Waals surface area contributed by atoms with Gasteiger partial charge in [0.2, 0.25) is 0 Å². The summed E-state index contributed by atoms with van der Waals surface area (Å²) in [6.45, 7) is 0. The zero-order valence-electron chi connectivity index (χ0n) is 14.7. The minimum Gasteiger partial charge on any atom is -0.504 e. The van der Waals surface area contributed by atoms with Crippen LogP contribution >= 0.6 is 0 Å². The highest BCUT2D eigenvalue weighted by Crippen LogP contribution is 2.27. The first-order chi connectivity index (χ1) is 12.9.